The van der Waals surface area contributed by atoms with Crippen molar-refractivity contribution in [3.8, 4) is 0 Å². The van der Waals surface area contributed by atoms with E-state index in [4.69, 9.17) is 4.74 Å². The first kappa shape index (κ1) is 35.2. The lowest BCUT2D eigenvalue weighted by Crippen LogP contribution is -2.13. The quantitative estimate of drug-likeness (QED) is 0.0572. The van der Waals surface area contributed by atoms with Crippen molar-refractivity contribution < 1.29 is 9.53 Å². The van der Waals surface area contributed by atoms with E-state index in [1.807, 2.05) is 6.08 Å². The van der Waals surface area contributed by atoms with Gasteiger partial charge in [0.1, 0.15) is 0 Å². The molecule has 0 amide bonds. The molecule has 0 aliphatic heterocycles. The molecule has 1 atom stereocenters. The summed E-state index contributed by atoms with van der Waals surface area (Å²) in [4.78, 5) is 12.2. The fourth-order valence-corrected chi connectivity index (χ4v) is 5.09. The molecule has 0 saturated heterocycles. The van der Waals surface area contributed by atoms with Gasteiger partial charge in [-0.1, -0.05) is 168 Å². The van der Waals surface area contributed by atoms with E-state index in [1.54, 1.807) is 6.08 Å². The Morgan fingerprint density at radius 2 is 0.889 bits per heavy atom. The molecular weight excluding hydrogens is 440 g/mol. The zero-order valence-electron chi connectivity index (χ0n) is 25.1. The summed E-state index contributed by atoms with van der Waals surface area (Å²) in [7, 11) is 0. The summed E-state index contributed by atoms with van der Waals surface area (Å²) < 4.78 is 5.65. The number of carbonyl (C=O) groups excluding carboxylic acids is 1. The standard InChI is InChI=1S/C34H66O2/c1-4-7-10-13-15-16-17-18-19-20-21-22-23-25-28-31-34(35)36-32-33(29-26-12-9-6-3)30-27-24-14-11-8-5-2/h28,31,33H,4-27,29-30,32H2,1-3H3. The lowest BCUT2D eigenvalue weighted by Gasteiger charge is -2.16. The van der Waals surface area contributed by atoms with Gasteiger partial charge in [0.25, 0.3) is 0 Å². The van der Waals surface area contributed by atoms with Gasteiger partial charge in [-0.3, -0.25) is 0 Å². The minimum atomic E-state index is -0.133. The van der Waals surface area contributed by atoms with E-state index in [-0.39, 0.29) is 5.97 Å². The highest BCUT2D eigenvalue weighted by atomic mass is 16.5. The lowest BCUT2D eigenvalue weighted by molar-refractivity contribution is -0.139. The largest absolute Gasteiger partial charge is 0.462 e. The van der Waals surface area contributed by atoms with Crippen molar-refractivity contribution in [2.75, 3.05) is 6.61 Å². The number of rotatable bonds is 29. The molecule has 2 heteroatoms. The summed E-state index contributed by atoms with van der Waals surface area (Å²) in [5, 5.41) is 0. The molecule has 0 N–H and O–H groups in total. The number of allylic oxidation sites excluding steroid dienone is 1. The van der Waals surface area contributed by atoms with Crippen LogP contribution in [0.2, 0.25) is 0 Å². The van der Waals surface area contributed by atoms with Crippen LogP contribution in [0.4, 0.5) is 0 Å². The molecule has 214 valence electrons. The third kappa shape index (κ3) is 27.8. The van der Waals surface area contributed by atoms with Crippen LogP contribution in [0.5, 0.6) is 0 Å². The van der Waals surface area contributed by atoms with Crippen LogP contribution < -0.4 is 0 Å². The summed E-state index contributed by atoms with van der Waals surface area (Å²) in [6.07, 6.45) is 38.3. The molecule has 0 aromatic rings. The molecule has 0 spiro atoms. The van der Waals surface area contributed by atoms with E-state index in [0.29, 0.717) is 12.5 Å². The Hall–Kier alpha value is -0.790. The van der Waals surface area contributed by atoms with Gasteiger partial charge in [-0.15, -0.1) is 0 Å². The highest BCUT2D eigenvalue weighted by Gasteiger charge is 2.11. The summed E-state index contributed by atoms with van der Waals surface area (Å²) in [5.41, 5.74) is 0. The van der Waals surface area contributed by atoms with Gasteiger partial charge in [0.2, 0.25) is 0 Å². The Morgan fingerprint density at radius 3 is 1.33 bits per heavy atom. The topological polar surface area (TPSA) is 26.3 Å². The Balaban J connectivity index is 3.76. The van der Waals surface area contributed by atoms with E-state index in [0.717, 1.165) is 6.42 Å². The van der Waals surface area contributed by atoms with Crippen molar-refractivity contribution in [1.29, 1.82) is 0 Å². The van der Waals surface area contributed by atoms with E-state index in [2.05, 4.69) is 20.8 Å². The van der Waals surface area contributed by atoms with Gasteiger partial charge in [0.15, 0.2) is 0 Å². The molecule has 0 aliphatic carbocycles. The lowest BCUT2D eigenvalue weighted by atomic mass is 9.95. The van der Waals surface area contributed by atoms with Crippen molar-refractivity contribution in [3.63, 3.8) is 0 Å². The van der Waals surface area contributed by atoms with Crippen molar-refractivity contribution in [2.24, 2.45) is 5.92 Å². The molecule has 0 heterocycles. The van der Waals surface area contributed by atoms with E-state index < -0.39 is 0 Å². The minimum Gasteiger partial charge on any atom is -0.462 e. The zero-order valence-corrected chi connectivity index (χ0v) is 25.1. The highest BCUT2D eigenvalue weighted by molar-refractivity contribution is 5.81. The van der Waals surface area contributed by atoms with Crippen LogP contribution in [0.1, 0.15) is 188 Å². The van der Waals surface area contributed by atoms with Crippen molar-refractivity contribution in [2.45, 2.75) is 188 Å². The smallest absolute Gasteiger partial charge is 0.330 e. The van der Waals surface area contributed by atoms with Crippen LogP contribution in [0.15, 0.2) is 12.2 Å². The fraction of sp³-hybridized carbons (Fsp3) is 0.912. The fourth-order valence-electron chi connectivity index (χ4n) is 5.09. The Kier molecular flexibility index (Phi) is 29.8. The van der Waals surface area contributed by atoms with Gasteiger partial charge in [0, 0.05) is 6.08 Å². The molecule has 0 aliphatic rings. The van der Waals surface area contributed by atoms with Gasteiger partial charge in [-0.25, -0.2) is 4.79 Å². The molecule has 0 rings (SSSR count). The number of esters is 1. The van der Waals surface area contributed by atoms with Crippen molar-refractivity contribution in [1.82, 2.24) is 0 Å². The third-order valence-electron chi connectivity index (χ3n) is 7.62. The SMILES string of the molecule is CCCCCCCCCCCCCCCC=CC(=O)OCC(CCCCCC)CCCCCCCC. The zero-order chi connectivity index (χ0) is 26.4. The first-order valence-corrected chi connectivity index (χ1v) is 16.6. The van der Waals surface area contributed by atoms with Crippen LogP contribution in [0, 0.1) is 5.92 Å². The molecule has 1 unspecified atom stereocenters. The molecule has 0 fully saturated rings. The minimum absolute atomic E-state index is 0.133. The second-order valence-corrected chi connectivity index (χ2v) is 11.3. The summed E-state index contributed by atoms with van der Waals surface area (Å²) in [6.45, 7) is 7.44. The second kappa shape index (κ2) is 30.4. The van der Waals surface area contributed by atoms with Crippen molar-refractivity contribution >= 4 is 5.97 Å². The molecule has 36 heavy (non-hydrogen) atoms. The molecule has 0 bridgehead atoms. The molecule has 0 aromatic heterocycles. The first-order chi connectivity index (χ1) is 17.7. The molecule has 0 aromatic carbocycles. The average Bonchev–Trinajstić information content (AvgIpc) is 2.88. The molecular formula is C34H66O2. The summed E-state index contributed by atoms with van der Waals surface area (Å²) in [6, 6.07) is 0. The number of hydrogen-bond acceptors (Lipinski definition) is 2. The Labute approximate surface area is 227 Å². The van der Waals surface area contributed by atoms with Crippen LogP contribution >= 0.6 is 0 Å². The predicted octanol–water partition coefficient (Wildman–Crippen LogP) is 11.9. The molecule has 2 nitrogen and oxygen atoms in total. The Bertz CT molecular complexity index is 456. The maximum atomic E-state index is 12.2. The van der Waals surface area contributed by atoms with Crippen LogP contribution in [0.3, 0.4) is 0 Å². The van der Waals surface area contributed by atoms with Gasteiger partial charge >= 0.3 is 5.97 Å². The summed E-state index contributed by atoms with van der Waals surface area (Å²) >= 11 is 0. The van der Waals surface area contributed by atoms with E-state index in [1.165, 1.54) is 161 Å². The van der Waals surface area contributed by atoms with Crippen LogP contribution in [0.25, 0.3) is 0 Å². The second-order valence-electron chi connectivity index (χ2n) is 11.3. The van der Waals surface area contributed by atoms with Crippen molar-refractivity contribution in [3.05, 3.63) is 12.2 Å². The van der Waals surface area contributed by atoms with Crippen LogP contribution in [-0.4, -0.2) is 12.6 Å². The number of carbonyl (C=O) groups is 1. The number of hydrogen-bond donors (Lipinski definition) is 0. The average molecular weight is 507 g/mol. The van der Waals surface area contributed by atoms with Gasteiger partial charge in [0.05, 0.1) is 6.61 Å². The Morgan fingerprint density at radius 1 is 0.528 bits per heavy atom. The van der Waals surface area contributed by atoms with Crippen LogP contribution in [-0.2, 0) is 9.53 Å². The molecule has 0 radical (unpaired) electrons. The van der Waals surface area contributed by atoms with Gasteiger partial charge in [-0.05, 0) is 31.6 Å². The first-order valence-electron chi connectivity index (χ1n) is 16.6. The van der Waals surface area contributed by atoms with E-state index in [9.17, 15) is 4.79 Å². The van der Waals surface area contributed by atoms with Gasteiger partial charge < -0.3 is 4.74 Å². The highest BCUT2D eigenvalue weighted by Crippen LogP contribution is 2.20. The maximum Gasteiger partial charge on any atom is 0.330 e. The number of ether oxygens (including phenoxy) is 1. The monoisotopic (exact) mass is 507 g/mol. The maximum absolute atomic E-state index is 12.2. The number of unbranched alkanes of at least 4 members (excludes halogenated alkanes) is 21. The molecule has 0 saturated carbocycles. The van der Waals surface area contributed by atoms with Gasteiger partial charge in [-0.2, -0.15) is 0 Å². The normalized spacial score (nSPS) is 12.4. The third-order valence-corrected chi connectivity index (χ3v) is 7.62. The predicted molar refractivity (Wildman–Crippen MR) is 161 cm³/mol. The summed E-state index contributed by atoms with van der Waals surface area (Å²) in [5.74, 6) is 0.414. The van der Waals surface area contributed by atoms with E-state index >= 15 is 0 Å².